The van der Waals surface area contributed by atoms with Crippen LogP contribution in [0.4, 0.5) is 0 Å². The van der Waals surface area contributed by atoms with Gasteiger partial charge >= 0.3 is 0 Å². The highest BCUT2D eigenvalue weighted by Gasteiger charge is 2.07. The number of nitrogens with zero attached hydrogens (tertiary/aromatic N) is 1. The summed E-state index contributed by atoms with van der Waals surface area (Å²) in [6.45, 7) is 5.12. The summed E-state index contributed by atoms with van der Waals surface area (Å²) in [5.74, 6) is 1.07. The maximum Gasteiger partial charge on any atom is 0.223 e. The standard InChI is InChI=1S/C15H22ClNO/c1-12(2)14-6-4-13(5-7-14)9-11-17(3)15(18)8-10-16/h4-7,12H,8-11H2,1-3H3. The zero-order chi connectivity index (χ0) is 13.5. The molecule has 1 aromatic rings. The lowest BCUT2D eigenvalue weighted by Gasteiger charge is -2.16. The average molecular weight is 268 g/mol. The molecule has 0 saturated heterocycles. The van der Waals surface area contributed by atoms with Crippen molar-refractivity contribution in [3.8, 4) is 0 Å². The highest BCUT2D eigenvalue weighted by molar-refractivity contribution is 6.18. The summed E-state index contributed by atoms with van der Waals surface area (Å²) in [4.78, 5) is 13.3. The lowest BCUT2D eigenvalue weighted by atomic mass is 10.0. The lowest BCUT2D eigenvalue weighted by molar-refractivity contribution is -0.129. The molecule has 1 amide bonds. The van der Waals surface area contributed by atoms with Crippen LogP contribution in [-0.2, 0) is 11.2 Å². The SMILES string of the molecule is CC(C)c1ccc(CCN(C)C(=O)CCCl)cc1. The van der Waals surface area contributed by atoms with Crippen molar-refractivity contribution in [3.05, 3.63) is 35.4 Å². The van der Waals surface area contributed by atoms with Crippen molar-refractivity contribution in [1.82, 2.24) is 4.90 Å². The molecule has 0 aliphatic heterocycles. The van der Waals surface area contributed by atoms with Crippen LogP contribution in [0.1, 0.15) is 37.3 Å². The van der Waals surface area contributed by atoms with Gasteiger partial charge in [-0.25, -0.2) is 0 Å². The Morgan fingerprint density at radius 3 is 2.39 bits per heavy atom. The van der Waals surface area contributed by atoms with Crippen LogP contribution in [0.2, 0.25) is 0 Å². The molecule has 0 fully saturated rings. The molecule has 0 aromatic heterocycles. The second-order valence-electron chi connectivity index (χ2n) is 4.90. The zero-order valence-corrected chi connectivity index (χ0v) is 12.2. The largest absolute Gasteiger partial charge is 0.345 e. The summed E-state index contributed by atoms with van der Waals surface area (Å²) in [5.41, 5.74) is 2.62. The molecule has 2 nitrogen and oxygen atoms in total. The van der Waals surface area contributed by atoms with E-state index in [0.29, 0.717) is 18.2 Å². The monoisotopic (exact) mass is 267 g/mol. The molecule has 100 valence electrons. The molecule has 1 aromatic carbocycles. The molecule has 0 radical (unpaired) electrons. The molecule has 0 aliphatic carbocycles. The van der Waals surface area contributed by atoms with Crippen LogP contribution in [-0.4, -0.2) is 30.3 Å². The fourth-order valence-electron chi connectivity index (χ4n) is 1.76. The highest BCUT2D eigenvalue weighted by atomic mass is 35.5. The molecule has 0 N–H and O–H groups in total. The Kier molecular flexibility index (Phi) is 6.20. The summed E-state index contributed by atoms with van der Waals surface area (Å²) in [7, 11) is 1.83. The number of alkyl halides is 1. The summed E-state index contributed by atoms with van der Waals surface area (Å²) in [6.07, 6.45) is 1.31. The lowest BCUT2D eigenvalue weighted by Crippen LogP contribution is -2.28. The minimum atomic E-state index is 0.115. The number of carbonyl (C=O) groups is 1. The Morgan fingerprint density at radius 2 is 1.89 bits per heavy atom. The number of hydrogen-bond donors (Lipinski definition) is 0. The van der Waals surface area contributed by atoms with Gasteiger partial charge in [0.2, 0.25) is 5.91 Å². The summed E-state index contributed by atoms with van der Waals surface area (Å²) < 4.78 is 0. The Balaban J connectivity index is 2.46. The second-order valence-corrected chi connectivity index (χ2v) is 5.28. The van der Waals surface area contributed by atoms with E-state index in [2.05, 4.69) is 38.1 Å². The zero-order valence-electron chi connectivity index (χ0n) is 11.4. The number of likely N-dealkylation sites (N-methyl/N-ethyl adjacent to an activating group) is 1. The number of amides is 1. The summed E-state index contributed by atoms with van der Waals surface area (Å²) in [6, 6.07) is 8.63. The predicted octanol–water partition coefficient (Wildman–Crippen LogP) is 3.44. The maximum absolute atomic E-state index is 11.5. The van der Waals surface area contributed by atoms with Gasteiger partial charge in [0, 0.05) is 25.9 Å². The molecule has 0 saturated carbocycles. The fourth-order valence-corrected chi connectivity index (χ4v) is 1.92. The molecule has 0 aliphatic rings. The number of halogens is 1. The second kappa shape index (κ2) is 7.42. The van der Waals surface area contributed by atoms with Crippen LogP contribution < -0.4 is 0 Å². The van der Waals surface area contributed by atoms with E-state index in [0.717, 1.165) is 13.0 Å². The van der Waals surface area contributed by atoms with Crippen LogP contribution in [0.5, 0.6) is 0 Å². The van der Waals surface area contributed by atoms with Crippen LogP contribution in [0.3, 0.4) is 0 Å². The van der Waals surface area contributed by atoms with E-state index in [1.165, 1.54) is 11.1 Å². The normalized spacial score (nSPS) is 10.7. The quantitative estimate of drug-likeness (QED) is 0.723. The van der Waals surface area contributed by atoms with E-state index < -0.39 is 0 Å². The van der Waals surface area contributed by atoms with Gasteiger partial charge in [-0.3, -0.25) is 4.79 Å². The van der Waals surface area contributed by atoms with Gasteiger partial charge in [0.05, 0.1) is 0 Å². The maximum atomic E-state index is 11.5. The molecular formula is C15H22ClNO. The Bertz CT molecular complexity index is 373. The van der Waals surface area contributed by atoms with Crippen molar-refractivity contribution in [2.75, 3.05) is 19.5 Å². The Morgan fingerprint density at radius 1 is 1.28 bits per heavy atom. The van der Waals surface area contributed by atoms with Crippen molar-refractivity contribution in [3.63, 3.8) is 0 Å². The Hall–Kier alpha value is -1.02. The van der Waals surface area contributed by atoms with E-state index >= 15 is 0 Å². The number of rotatable bonds is 6. The van der Waals surface area contributed by atoms with Crippen molar-refractivity contribution in [1.29, 1.82) is 0 Å². The first-order valence-electron chi connectivity index (χ1n) is 6.43. The first kappa shape index (κ1) is 15.0. The van der Waals surface area contributed by atoms with Crippen molar-refractivity contribution in [2.45, 2.75) is 32.6 Å². The molecule has 0 unspecified atom stereocenters. The van der Waals surface area contributed by atoms with Gasteiger partial charge < -0.3 is 4.90 Å². The van der Waals surface area contributed by atoms with E-state index in [1.807, 2.05) is 7.05 Å². The summed E-state index contributed by atoms with van der Waals surface area (Å²) in [5, 5.41) is 0. The molecule has 1 rings (SSSR count). The van der Waals surface area contributed by atoms with Gasteiger partial charge in [0.25, 0.3) is 0 Å². The van der Waals surface area contributed by atoms with Crippen molar-refractivity contribution >= 4 is 17.5 Å². The van der Waals surface area contributed by atoms with Crippen LogP contribution >= 0.6 is 11.6 Å². The smallest absolute Gasteiger partial charge is 0.223 e. The molecule has 0 bridgehead atoms. The van der Waals surface area contributed by atoms with Crippen LogP contribution in [0.15, 0.2) is 24.3 Å². The third-order valence-corrected chi connectivity index (χ3v) is 3.31. The molecular weight excluding hydrogens is 246 g/mol. The van der Waals surface area contributed by atoms with Gasteiger partial charge in [-0.05, 0) is 23.5 Å². The van der Waals surface area contributed by atoms with Gasteiger partial charge in [0.1, 0.15) is 0 Å². The predicted molar refractivity (Wildman–Crippen MR) is 77.2 cm³/mol. The molecule has 3 heteroatoms. The van der Waals surface area contributed by atoms with Crippen LogP contribution in [0, 0.1) is 0 Å². The fraction of sp³-hybridized carbons (Fsp3) is 0.533. The highest BCUT2D eigenvalue weighted by Crippen LogP contribution is 2.15. The van der Waals surface area contributed by atoms with Crippen molar-refractivity contribution in [2.24, 2.45) is 0 Å². The number of carbonyl (C=O) groups excluding carboxylic acids is 1. The van der Waals surface area contributed by atoms with Gasteiger partial charge in [-0.15, -0.1) is 11.6 Å². The molecule has 0 atom stereocenters. The first-order chi connectivity index (χ1) is 8.54. The van der Waals surface area contributed by atoms with Gasteiger partial charge in [-0.2, -0.15) is 0 Å². The average Bonchev–Trinajstić information content (AvgIpc) is 2.36. The topological polar surface area (TPSA) is 20.3 Å². The summed E-state index contributed by atoms with van der Waals surface area (Å²) >= 11 is 5.56. The molecule has 0 spiro atoms. The minimum Gasteiger partial charge on any atom is -0.345 e. The van der Waals surface area contributed by atoms with Crippen molar-refractivity contribution < 1.29 is 4.79 Å². The van der Waals surface area contributed by atoms with E-state index in [9.17, 15) is 4.79 Å². The first-order valence-corrected chi connectivity index (χ1v) is 6.96. The number of benzene rings is 1. The molecule has 18 heavy (non-hydrogen) atoms. The molecule has 0 heterocycles. The van der Waals surface area contributed by atoms with Gasteiger partial charge in [-0.1, -0.05) is 38.1 Å². The van der Waals surface area contributed by atoms with E-state index in [1.54, 1.807) is 4.90 Å². The van der Waals surface area contributed by atoms with E-state index in [-0.39, 0.29) is 5.91 Å². The van der Waals surface area contributed by atoms with E-state index in [4.69, 9.17) is 11.6 Å². The third kappa shape index (κ3) is 4.69. The number of hydrogen-bond acceptors (Lipinski definition) is 1. The minimum absolute atomic E-state index is 0.115. The Labute approximate surface area is 115 Å². The van der Waals surface area contributed by atoms with Crippen LogP contribution in [0.25, 0.3) is 0 Å². The third-order valence-electron chi connectivity index (χ3n) is 3.12. The van der Waals surface area contributed by atoms with Gasteiger partial charge in [0.15, 0.2) is 0 Å².